The third kappa shape index (κ3) is 4.70. The number of ether oxygens (including phenoxy) is 1. The summed E-state index contributed by atoms with van der Waals surface area (Å²) < 4.78 is 6.52. The van der Waals surface area contributed by atoms with Gasteiger partial charge in [0.2, 0.25) is 0 Å². The number of pyridine rings is 1. The topological polar surface area (TPSA) is 51.2 Å². The highest BCUT2D eigenvalue weighted by Crippen LogP contribution is 2.14. The van der Waals surface area contributed by atoms with E-state index in [1.807, 2.05) is 37.3 Å². The summed E-state index contributed by atoms with van der Waals surface area (Å²) in [5, 5.41) is 2.72. The number of carbonyl (C=O) groups excluding carboxylic acids is 1. The molecule has 0 aliphatic carbocycles. The van der Waals surface area contributed by atoms with Gasteiger partial charge >= 0.3 is 0 Å². The average molecular weight is 396 g/mol. The summed E-state index contributed by atoms with van der Waals surface area (Å²) in [4.78, 5) is 16.1. The van der Waals surface area contributed by atoms with Gasteiger partial charge in [-0.2, -0.15) is 0 Å². The van der Waals surface area contributed by atoms with Crippen LogP contribution in [-0.2, 0) is 11.2 Å². The van der Waals surface area contributed by atoms with Gasteiger partial charge in [0, 0.05) is 3.57 Å². The first-order valence-electron chi connectivity index (χ1n) is 6.73. The lowest BCUT2D eigenvalue weighted by atomic mass is 10.2. The van der Waals surface area contributed by atoms with Gasteiger partial charge in [0.05, 0.1) is 5.69 Å². The van der Waals surface area contributed by atoms with Gasteiger partial charge in [-0.1, -0.05) is 19.1 Å². The molecule has 0 radical (unpaired) electrons. The fourth-order valence-electron chi connectivity index (χ4n) is 1.76. The van der Waals surface area contributed by atoms with Gasteiger partial charge in [-0.3, -0.25) is 4.79 Å². The Labute approximate surface area is 138 Å². The van der Waals surface area contributed by atoms with Crippen molar-refractivity contribution in [1.29, 1.82) is 0 Å². The van der Waals surface area contributed by atoms with E-state index in [0.717, 1.165) is 15.7 Å². The van der Waals surface area contributed by atoms with Crippen LogP contribution in [-0.4, -0.2) is 17.5 Å². The van der Waals surface area contributed by atoms with Crippen LogP contribution in [0.4, 0.5) is 5.82 Å². The van der Waals surface area contributed by atoms with Gasteiger partial charge in [-0.05, 0) is 65.8 Å². The standard InChI is InChI=1S/C16H17IN2O2/c1-3-12-4-6-13(7-5-12)21-10-16(20)19-15-9-8-14(17)11(2)18-15/h4-9H,3,10H2,1-2H3,(H,18,19,20). The highest BCUT2D eigenvalue weighted by Gasteiger charge is 2.06. The normalized spacial score (nSPS) is 10.2. The van der Waals surface area contributed by atoms with Gasteiger partial charge in [0.25, 0.3) is 5.91 Å². The van der Waals surface area contributed by atoms with Crippen LogP contribution in [0.25, 0.3) is 0 Å². The summed E-state index contributed by atoms with van der Waals surface area (Å²) in [6, 6.07) is 11.4. The Morgan fingerprint density at radius 1 is 1.24 bits per heavy atom. The number of hydrogen-bond donors (Lipinski definition) is 1. The molecule has 0 saturated carbocycles. The minimum atomic E-state index is -0.220. The summed E-state index contributed by atoms with van der Waals surface area (Å²) >= 11 is 2.20. The van der Waals surface area contributed by atoms with E-state index in [1.54, 1.807) is 6.07 Å². The van der Waals surface area contributed by atoms with Crippen molar-refractivity contribution in [1.82, 2.24) is 4.98 Å². The average Bonchev–Trinajstić information content (AvgIpc) is 2.49. The second-order valence-corrected chi connectivity index (χ2v) is 5.76. The third-order valence-corrected chi connectivity index (χ3v) is 4.13. The number of rotatable bonds is 5. The largest absolute Gasteiger partial charge is 0.484 e. The zero-order valence-electron chi connectivity index (χ0n) is 12.0. The Kier molecular flexibility index (Phi) is 5.55. The molecular weight excluding hydrogens is 379 g/mol. The van der Waals surface area contributed by atoms with Crippen LogP contribution >= 0.6 is 22.6 Å². The molecule has 0 spiro atoms. The molecule has 1 amide bonds. The van der Waals surface area contributed by atoms with Crippen LogP contribution in [0, 0.1) is 10.5 Å². The zero-order chi connectivity index (χ0) is 15.2. The molecule has 1 aromatic heterocycles. The first-order valence-corrected chi connectivity index (χ1v) is 7.81. The van der Waals surface area contributed by atoms with E-state index in [4.69, 9.17) is 4.74 Å². The summed E-state index contributed by atoms with van der Waals surface area (Å²) in [7, 11) is 0. The second kappa shape index (κ2) is 7.40. The molecule has 1 aromatic carbocycles. The molecule has 0 bridgehead atoms. The second-order valence-electron chi connectivity index (χ2n) is 4.60. The predicted molar refractivity (Wildman–Crippen MR) is 91.6 cm³/mol. The number of nitrogens with one attached hydrogen (secondary N) is 1. The molecule has 110 valence electrons. The van der Waals surface area contributed by atoms with Crippen molar-refractivity contribution in [3.8, 4) is 5.75 Å². The number of aromatic nitrogens is 1. The number of nitrogens with zero attached hydrogens (tertiary/aromatic N) is 1. The molecule has 0 aliphatic heterocycles. The van der Waals surface area contributed by atoms with E-state index in [9.17, 15) is 4.79 Å². The molecule has 0 fully saturated rings. The molecule has 0 aliphatic rings. The van der Waals surface area contributed by atoms with E-state index >= 15 is 0 Å². The van der Waals surface area contributed by atoms with Gasteiger partial charge in [-0.15, -0.1) is 0 Å². The van der Waals surface area contributed by atoms with E-state index in [0.29, 0.717) is 11.6 Å². The van der Waals surface area contributed by atoms with Crippen molar-refractivity contribution < 1.29 is 9.53 Å². The summed E-state index contributed by atoms with van der Waals surface area (Å²) in [5.74, 6) is 1.01. The van der Waals surface area contributed by atoms with Crippen molar-refractivity contribution in [3.05, 3.63) is 51.2 Å². The van der Waals surface area contributed by atoms with Crippen LogP contribution in [0.1, 0.15) is 18.2 Å². The zero-order valence-corrected chi connectivity index (χ0v) is 14.2. The quantitative estimate of drug-likeness (QED) is 0.787. The van der Waals surface area contributed by atoms with Gasteiger partial charge in [-0.25, -0.2) is 4.98 Å². The molecule has 0 saturated heterocycles. The number of benzene rings is 1. The van der Waals surface area contributed by atoms with Crippen LogP contribution in [0.15, 0.2) is 36.4 Å². The lowest BCUT2D eigenvalue weighted by molar-refractivity contribution is -0.118. The van der Waals surface area contributed by atoms with Crippen LogP contribution in [0.5, 0.6) is 5.75 Å². The molecule has 4 nitrogen and oxygen atoms in total. The lowest BCUT2D eigenvalue weighted by Crippen LogP contribution is -2.21. The highest BCUT2D eigenvalue weighted by atomic mass is 127. The SMILES string of the molecule is CCc1ccc(OCC(=O)Nc2ccc(I)c(C)n2)cc1. The van der Waals surface area contributed by atoms with E-state index in [1.165, 1.54) is 5.56 Å². The van der Waals surface area contributed by atoms with Crippen molar-refractivity contribution in [2.75, 3.05) is 11.9 Å². The van der Waals surface area contributed by atoms with Gasteiger partial charge < -0.3 is 10.1 Å². The molecule has 2 aromatic rings. The number of aryl methyl sites for hydroxylation is 2. The molecule has 1 heterocycles. The Morgan fingerprint density at radius 2 is 1.95 bits per heavy atom. The predicted octanol–water partition coefficient (Wildman–Crippen LogP) is 3.57. The maximum atomic E-state index is 11.8. The first kappa shape index (κ1) is 15.8. The molecule has 0 atom stereocenters. The fraction of sp³-hybridized carbons (Fsp3) is 0.250. The molecule has 0 unspecified atom stereocenters. The van der Waals surface area contributed by atoms with Crippen LogP contribution in [0.3, 0.4) is 0 Å². The number of halogens is 1. The maximum absolute atomic E-state index is 11.8. The van der Waals surface area contributed by atoms with Crippen LogP contribution in [0.2, 0.25) is 0 Å². The summed E-state index contributed by atoms with van der Waals surface area (Å²) in [6.07, 6.45) is 0.985. The minimum absolute atomic E-state index is 0.0296. The smallest absolute Gasteiger partial charge is 0.263 e. The molecule has 1 N–H and O–H groups in total. The highest BCUT2D eigenvalue weighted by molar-refractivity contribution is 14.1. The molecule has 21 heavy (non-hydrogen) atoms. The Hall–Kier alpha value is -1.63. The third-order valence-electron chi connectivity index (χ3n) is 2.99. The Bertz CT molecular complexity index is 627. The van der Waals surface area contributed by atoms with Crippen molar-refractivity contribution in [3.63, 3.8) is 0 Å². The first-order chi connectivity index (χ1) is 10.1. The molecule has 5 heteroatoms. The monoisotopic (exact) mass is 396 g/mol. The number of hydrogen-bond acceptors (Lipinski definition) is 3. The summed E-state index contributed by atoms with van der Waals surface area (Å²) in [6.45, 7) is 3.97. The maximum Gasteiger partial charge on any atom is 0.263 e. The summed E-state index contributed by atoms with van der Waals surface area (Å²) in [5.41, 5.74) is 2.13. The number of amides is 1. The van der Waals surface area contributed by atoms with E-state index < -0.39 is 0 Å². The Balaban J connectivity index is 1.87. The van der Waals surface area contributed by atoms with Gasteiger partial charge in [0.1, 0.15) is 11.6 Å². The van der Waals surface area contributed by atoms with Crippen LogP contribution < -0.4 is 10.1 Å². The molecular formula is C16H17IN2O2. The van der Waals surface area contributed by atoms with E-state index in [-0.39, 0.29) is 12.5 Å². The minimum Gasteiger partial charge on any atom is -0.484 e. The lowest BCUT2D eigenvalue weighted by Gasteiger charge is -2.08. The number of anilines is 1. The Morgan fingerprint density at radius 3 is 2.57 bits per heavy atom. The van der Waals surface area contributed by atoms with Crippen molar-refractivity contribution in [2.45, 2.75) is 20.3 Å². The van der Waals surface area contributed by atoms with E-state index in [2.05, 4.69) is 39.8 Å². The number of carbonyl (C=O) groups is 1. The van der Waals surface area contributed by atoms with Gasteiger partial charge in [0.15, 0.2) is 6.61 Å². The molecule has 2 rings (SSSR count). The fourth-order valence-corrected chi connectivity index (χ4v) is 2.06. The van der Waals surface area contributed by atoms with Crippen molar-refractivity contribution >= 4 is 34.3 Å². The van der Waals surface area contributed by atoms with Crippen molar-refractivity contribution in [2.24, 2.45) is 0 Å².